The predicted octanol–water partition coefficient (Wildman–Crippen LogP) is 1.37. The van der Waals surface area contributed by atoms with Crippen molar-refractivity contribution in [2.45, 2.75) is 25.8 Å². The normalized spacial score (nSPS) is 17.4. The minimum atomic E-state index is -0.912. The van der Waals surface area contributed by atoms with Gasteiger partial charge in [-0.15, -0.1) is 0 Å². The van der Waals surface area contributed by atoms with E-state index in [4.69, 9.17) is 9.84 Å². The van der Waals surface area contributed by atoms with Gasteiger partial charge in [0.2, 0.25) is 0 Å². The van der Waals surface area contributed by atoms with Crippen molar-refractivity contribution in [3.8, 4) is 0 Å². The molecule has 1 N–H and O–H groups in total. The van der Waals surface area contributed by atoms with E-state index in [0.29, 0.717) is 19.2 Å². The van der Waals surface area contributed by atoms with Crippen LogP contribution in [0.2, 0.25) is 0 Å². The lowest BCUT2D eigenvalue weighted by atomic mass is 10.1. The molecule has 1 atom stereocenters. The van der Waals surface area contributed by atoms with Gasteiger partial charge in [-0.2, -0.15) is 0 Å². The number of methoxy groups -OCH3 is 1. The maximum Gasteiger partial charge on any atom is 0.332 e. The summed E-state index contributed by atoms with van der Waals surface area (Å²) in [5.74, 6) is -0.191. The lowest BCUT2D eigenvalue weighted by Gasteiger charge is -2.28. The fraction of sp³-hybridized carbons (Fsp3) is 0.750. The van der Waals surface area contributed by atoms with Crippen molar-refractivity contribution in [1.82, 2.24) is 4.90 Å². The Morgan fingerprint density at radius 1 is 1.62 bits per heavy atom. The lowest BCUT2D eigenvalue weighted by molar-refractivity contribution is -0.133. The Kier molecular flexibility index (Phi) is 4.96. The number of nitrogens with zero attached hydrogens (tertiary/aromatic N) is 1. The summed E-state index contributed by atoms with van der Waals surface area (Å²) in [6, 6.07) is 0.422. The van der Waals surface area contributed by atoms with Gasteiger partial charge >= 0.3 is 5.97 Å². The molecule has 1 aliphatic rings. The molecular weight excluding hydrogens is 206 g/mol. The summed E-state index contributed by atoms with van der Waals surface area (Å²) in [4.78, 5) is 12.9. The first-order valence-electron chi connectivity index (χ1n) is 5.70. The largest absolute Gasteiger partial charge is 0.478 e. The molecule has 0 saturated heterocycles. The van der Waals surface area contributed by atoms with Crippen LogP contribution in [0.5, 0.6) is 0 Å². The maximum absolute atomic E-state index is 10.8. The second-order valence-corrected chi connectivity index (χ2v) is 4.45. The number of carbonyl (C=O) groups is 1. The number of hydrogen-bond acceptors (Lipinski definition) is 3. The average Bonchev–Trinajstić information content (AvgIpc) is 3.06. The van der Waals surface area contributed by atoms with Crippen LogP contribution in [-0.4, -0.2) is 48.8 Å². The van der Waals surface area contributed by atoms with Crippen LogP contribution in [0, 0.1) is 5.92 Å². The zero-order valence-electron chi connectivity index (χ0n) is 10.1. The highest BCUT2D eigenvalue weighted by atomic mass is 16.5. The zero-order valence-corrected chi connectivity index (χ0v) is 10.1. The van der Waals surface area contributed by atoms with E-state index in [0.717, 1.165) is 12.5 Å². The first-order chi connectivity index (χ1) is 7.56. The summed E-state index contributed by atoms with van der Waals surface area (Å²) < 4.78 is 5.05. The molecule has 0 bridgehead atoms. The molecule has 0 spiro atoms. The van der Waals surface area contributed by atoms with Gasteiger partial charge in [-0.3, -0.25) is 4.90 Å². The standard InChI is InChI=1S/C12H21NO3/c1-9(12(14)15)8-13(6-7-16-3)10(2)11-4-5-11/h10-11H,1,4-8H2,2-3H3,(H,14,15). The van der Waals surface area contributed by atoms with Crippen LogP contribution in [0.3, 0.4) is 0 Å². The molecule has 4 heteroatoms. The van der Waals surface area contributed by atoms with E-state index in [2.05, 4.69) is 18.4 Å². The molecule has 0 aromatic rings. The Morgan fingerprint density at radius 2 is 2.25 bits per heavy atom. The molecule has 1 rings (SSSR count). The first kappa shape index (κ1) is 13.2. The molecule has 4 nitrogen and oxygen atoms in total. The van der Waals surface area contributed by atoms with E-state index in [9.17, 15) is 4.79 Å². The molecule has 1 unspecified atom stereocenters. The average molecular weight is 227 g/mol. The van der Waals surface area contributed by atoms with Crippen molar-refractivity contribution in [2.24, 2.45) is 5.92 Å². The van der Waals surface area contributed by atoms with Crippen molar-refractivity contribution in [2.75, 3.05) is 26.8 Å². The quantitative estimate of drug-likeness (QED) is 0.636. The van der Waals surface area contributed by atoms with Gasteiger partial charge in [0.25, 0.3) is 0 Å². The van der Waals surface area contributed by atoms with Gasteiger partial charge in [0.15, 0.2) is 0 Å². The fourth-order valence-corrected chi connectivity index (χ4v) is 1.82. The number of aliphatic carboxylic acids is 1. The van der Waals surface area contributed by atoms with Crippen LogP contribution < -0.4 is 0 Å². The van der Waals surface area contributed by atoms with Crippen LogP contribution in [-0.2, 0) is 9.53 Å². The SMILES string of the molecule is C=C(CN(CCOC)C(C)C1CC1)C(=O)O. The van der Waals surface area contributed by atoms with Gasteiger partial charge in [-0.05, 0) is 25.7 Å². The van der Waals surface area contributed by atoms with E-state index in [1.165, 1.54) is 12.8 Å². The Morgan fingerprint density at radius 3 is 2.69 bits per heavy atom. The Bertz CT molecular complexity index is 261. The number of rotatable bonds is 8. The number of ether oxygens (including phenoxy) is 1. The van der Waals surface area contributed by atoms with Gasteiger partial charge < -0.3 is 9.84 Å². The number of carboxylic acids is 1. The smallest absolute Gasteiger partial charge is 0.332 e. The summed E-state index contributed by atoms with van der Waals surface area (Å²) in [6.45, 7) is 7.56. The molecule has 16 heavy (non-hydrogen) atoms. The van der Waals surface area contributed by atoms with Gasteiger partial charge in [0.1, 0.15) is 0 Å². The summed E-state index contributed by atoms with van der Waals surface area (Å²) in [5.41, 5.74) is 0.253. The molecule has 0 aromatic carbocycles. The summed E-state index contributed by atoms with van der Waals surface area (Å²) in [5, 5.41) is 8.83. The van der Waals surface area contributed by atoms with E-state index in [1.54, 1.807) is 7.11 Å². The third kappa shape index (κ3) is 3.94. The van der Waals surface area contributed by atoms with Crippen molar-refractivity contribution in [3.63, 3.8) is 0 Å². The van der Waals surface area contributed by atoms with Crippen LogP contribution >= 0.6 is 0 Å². The lowest BCUT2D eigenvalue weighted by Crippen LogP contribution is -2.39. The van der Waals surface area contributed by atoms with E-state index >= 15 is 0 Å². The van der Waals surface area contributed by atoms with Crippen LogP contribution in [0.25, 0.3) is 0 Å². The molecule has 1 saturated carbocycles. The summed E-state index contributed by atoms with van der Waals surface area (Å²) >= 11 is 0. The van der Waals surface area contributed by atoms with Gasteiger partial charge in [0, 0.05) is 31.8 Å². The van der Waals surface area contributed by atoms with Crippen LogP contribution in [0.1, 0.15) is 19.8 Å². The molecule has 92 valence electrons. The highest BCUT2D eigenvalue weighted by Crippen LogP contribution is 2.35. The third-order valence-electron chi connectivity index (χ3n) is 3.16. The zero-order chi connectivity index (χ0) is 12.1. The molecule has 0 heterocycles. The Hall–Kier alpha value is -0.870. The summed E-state index contributed by atoms with van der Waals surface area (Å²) in [6.07, 6.45) is 2.51. The predicted molar refractivity (Wildman–Crippen MR) is 62.4 cm³/mol. The summed E-state index contributed by atoms with van der Waals surface area (Å²) in [7, 11) is 1.66. The number of carboxylic acid groups (broad SMARTS) is 1. The topological polar surface area (TPSA) is 49.8 Å². The molecule has 1 fully saturated rings. The minimum absolute atomic E-state index is 0.253. The van der Waals surface area contributed by atoms with E-state index in [-0.39, 0.29) is 5.57 Å². The Labute approximate surface area is 96.9 Å². The molecule has 0 aromatic heterocycles. The van der Waals surface area contributed by atoms with Gasteiger partial charge in [-0.1, -0.05) is 6.58 Å². The van der Waals surface area contributed by atoms with Crippen molar-refractivity contribution < 1.29 is 14.6 Å². The third-order valence-corrected chi connectivity index (χ3v) is 3.16. The van der Waals surface area contributed by atoms with E-state index < -0.39 is 5.97 Å². The maximum atomic E-state index is 10.8. The second kappa shape index (κ2) is 6.01. The van der Waals surface area contributed by atoms with Crippen molar-refractivity contribution in [3.05, 3.63) is 12.2 Å². The van der Waals surface area contributed by atoms with Crippen molar-refractivity contribution >= 4 is 5.97 Å². The molecular formula is C12H21NO3. The van der Waals surface area contributed by atoms with Gasteiger partial charge in [-0.25, -0.2) is 4.79 Å². The molecule has 0 amide bonds. The van der Waals surface area contributed by atoms with E-state index in [1.807, 2.05) is 0 Å². The first-order valence-corrected chi connectivity index (χ1v) is 5.70. The van der Waals surface area contributed by atoms with Crippen molar-refractivity contribution in [1.29, 1.82) is 0 Å². The van der Waals surface area contributed by atoms with Gasteiger partial charge in [0.05, 0.1) is 6.61 Å². The van der Waals surface area contributed by atoms with Crippen LogP contribution in [0.4, 0.5) is 0 Å². The fourth-order valence-electron chi connectivity index (χ4n) is 1.82. The minimum Gasteiger partial charge on any atom is -0.478 e. The Balaban J connectivity index is 2.48. The molecule has 0 aliphatic heterocycles. The highest BCUT2D eigenvalue weighted by molar-refractivity contribution is 5.86. The molecule has 0 radical (unpaired) electrons. The highest BCUT2D eigenvalue weighted by Gasteiger charge is 2.32. The monoisotopic (exact) mass is 227 g/mol. The number of hydrogen-bond donors (Lipinski definition) is 1. The van der Waals surface area contributed by atoms with Crippen LogP contribution in [0.15, 0.2) is 12.2 Å². The molecule has 1 aliphatic carbocycles. The second-order valence-electron chi connectivity index (χ2n) is 4.45.